The number of hydrogen-bond acceptors (Lipinski definition) is 4. The Morgan fingerprint density at radius 3 is 2.47 bits per heavy atom. The average Bonchev–Trinajstić information content (AvgIpc) is 2.12. The predicted octanol–water partition coefficient (Wildman–Crippen LogP) is -0.117. The molecule has 0 fully saturated rings. The number of nitrogens with one attached hydrogen (secondary N) is 1. The van der Waals surface area contributed by atoms with E-state index >= 15 is 0 Å². The lowest BCUT2D eigenvalue weighted by Gasteiger charge is -2.20. The van der Waals surface area contributed by atoms with E-state index in [9.17, 15) is 14.7 Å². The van der Waals surface area contributed by atoms with E-state index in [1.165, 1.54) is 0 Å². The monoisotopic (exact) mass is 217 g/mol. The van der Waals surface area contributed by atoms with Crippen molar-refractivity contribution in [3.63, 3.8) is 0 Å². The highest BCUT2D eigenvalue weighted by Gasteiger charge is 2.21. The van der Waals surface area contributed by atoms with Crippen LogP contribution in [0.4, 0.5) is 0 Å². The van der Waals surface area contributed by atoms with Crippen LogP contribution >= 0.6 is 0 Å². The van der Waals surface area contributed by atoms with Gasteiger partial charge in [-0.25, -0.2) is 0 Å². The SMILES string of the molecule is CC(C)C(C=O)C(O)CCNCC(=O)O. The highest BCUT2D eigenvalue weighted by Crippen LogP contribution is 2.14. The Kier molecular flexibility index (Phi) is 6.90. The van der Waals surface area contributed by atoms with Crippen molar-refractivity contribution in [2.24, 2.45) is 11.8 Å². The molecular formula is C10H19NO4. The number of aliphatic carboxylic acids is 1. The van der Waals surface area contributed by atoms with Crippen molar-refractivity contribution in [1.82, 2.24) is 5.32 Å². The Balaban J connectivity index is 3.76. The van der Waals surface area contributed by atoms with Crippen molar-refractivity contribution in [1.29, 1.82) is 0 Å². The molecule has 0 aliphatic carbocycles. The summed E-state index contributed by atoms with van der Waals surface area (Å²) >= 11 is 0. The molecule has 0 bridgehead atoms. The van der Waals surface area contributed by atoms with Gasteiger partial charge < -0.3 is 20.3 Å². The van der Waals surface area contributed by atoms with Gasteiger partial charge >= 0.3 is 5.97 Å². The standard InChI is InChI=1S/C10H19NO4/c1-7(2)8(6-12)9(13)3-4-11-5-10(14)15/h6-9,11,13H,3-5H2,1-2H3,(H,14,15). The summed E-state index contributed by atoms with van der Waals surface area (Å²) in [5, 5.41) is 20.6. The molecule has 0 saturated carbocycles. The molecular weight excluding hydrogens is 198 g/mol. The first kappa shape index (κ1) is 14.1. The Morgan fingerprint density at radius 1 is 1.47 bits per heavy atom. The second-order valence-corrected chi connectivity index (χ2v) is 3.88. The molecule has 0 aliphatic heterocycles. The molecule has 3 N–H and O–H groups in total. The maximum atomic E-state index is 10.7. The summed E-state index contributed by atoms with van der Waals surface area (Å²) in [4.78, 5) is 20.8. The summed E-state index contributed by atoms with van der Waals surface area (Å²) in [6.07, 6.45) is 0.435. The molecule has 0 aliphatic rings. The minimum Gasteiger partial charge on any atom is -0.480 e. The molecule has 0 aromatic heterocycles. The summed E-state index contributed by atoms with van der Waals surface area (Å²) in [5.74, 6) is -1.21. The van der Waals surface area contributed by atoms with Gasteiger partial charge in [-0.15, -0.1) is 0 Å². The van der Waals surface area contributed by atoms with E-state index in [1.807, 2.05) is 13.8 Å². The van der Waals surface area contributed by atoms with Gasteiger partial charge in [0.2, 0.25) is 0 Å². The minimum absolute atomic E-state index is 0.0944. The predicted molar refractivity (Wildman–Crippen MR) is 55.5 cm³/mol. The third-order valence-electron chi connectivity index (χ3n) is 2.26. The van der Waals surface area contributed by atoms with E-state index in [0.717, 1.165) is 6.29 Å². The Labute approximate surface area is 89.5 Å². The lowest BCUT2D eigenvalue weighted by Crippen LogP contribution is -2.31. The van der Waals surface area contributed by atoms with E-state index < -0.39 is 12.1 Å². The minimum atomic E-state index is -0.930. The van der Waals surface area contributed by atoms with Crippen LogP contribution in [0.15, 0.2) is 0 Å². The number of carbonyl (C=O) groups excluding carboxylic acids is 1. The van der Waals surface area contributed by atoms with E-state index in [1.54, 1.807) is 0 Å². The first-order valence-electron chi connectivity index (χ1n) is 5.05. The number of hydrogen-bond donors (Lipinski definition) is 3. The summed E-state index contributed by atoms with van der Waals surface area (Å²) in [6, 6.07) is 0. The lowest BCUT2D eigenvalue weighted by atomic mass is 9.90. The Morgan fingerprint density at radius 2 is 2.07 bits per heavy atom. The first-order valence-corrected chi connectivity index (χ1v) is 5.05. The zero-order valence-corrected chi connectivity index (χ0v) is 9.14. The van der Waals surface area contributed by atoms with Crippen LogP contribution in [0.25, 0.3) is 0 Å². The highest BCUT2D eigenvalue weighted by atomic mass is 16.4. The maximum Gasteiger partial charge on any atom is 0.317 e. The molecule has 0 aromatic carbocycles. The largest absolute Gasteiger partial charge is 0.480 e. The van der Waals surface area contributed by atoms with Crippen molar-refractivity contribution < 1.29 is 19.8 Å². The van der Waals surface area contributed by atoms with Crippen LogP contribution in [0.3, 0.4) is 0 Å². The third-order valence-corrected chi connectivity index (χ3v) is 2.26. The van der Waals surface area contributed by atoms with Crippen molar-refractivity contribution in [2.45, 2.75) is 26.4 Å². The molecule has 0 radical (unpaired) electrons. The number of carboxylic acid groups (broad SMARTS) is 1. The molecule has 0 heterocycles. The molecule has 0 aromatic rings. The van der Waals surface area contributed by atoms with Crippen LogP contribution in [0.2, 0.25) is 0 Å². The van der Waals surface area contributed by atoms with Crippen molar-refractivity contribution in [3.8, 4) is 0 Å². The molecule has 0 saturated heterocycles. The van der Waals surface area contributed by atoms with Gasteiger partial charge in [0, 0.05) is 5.92 Å². The van der Waals surface area contributed by atoms with E-state index in [-0.39, 0.29) is 18.4 Å². The van der Waals surface area contributed by atoms with Gasteiger partial charge in [-0.3, -0.25) is 4.79 Å². The molecule has 88 valence electrons. The van der Waals surface area contributed by atoms with Gasteiger partial charge in [-0.05, 0) is 18.9 Å². The summed E-state index contributed by atoms with van der Waals surface area (Å²) in [6.45, 7) is 4.00. The molecule has 0 amide bonds. The highest BCUT2D eigenvalue weighted by molar-refractivity contribution is 5.68. The van der Waals surface area contributed by atoms with Crippen LogP contribution in [0.5, 0.6) is 0 Å². The van der Waals surface area contributed by atoms with Crippen molar-refractivity contribution in [3.05, 3.63) is 0 Å². The third kappa shape index (κ3) is 6.19. The number of rotatable bonds is 8. The van der Waals surface area contributed by atoms with Gasteiger partial charge in [0.15, 0.2) is 0 Å². The average molecular weight is 217 g/mol. The molecule has 5 heteroatoms. The molecule has 0 spiro atoms. The Hall–Kier alpha value is -0.940. The van der Waals surface area contributed by atoms with Crippen LogP contribution < -0.4 is 5.32 Å². The molecule has 5 nitrogen and oxygen atoms in total. The molecule has 2 unspecified atom stereocenters. The quantitative estimate of drug-likeness (QED) is 0.390. The summed E-state index contributed by atoms with van der Waals surface area (Å²) < 4.78 is 0. The first-order chi connectivity index (χ1) is 6.99. The fraction of sp³-hybridized carbons (Fsp3) is 0.800. The second kappa shape index (κ2) is 7.36. The second-order valence-electron chi connectivity index (χ2n) is 3.88. The number of aliphatic hydroxyl groups excluding tert-OH is 1. The Bertz CT molecular complexity index is 206. The van der Waals surface area contributed by atoms with Gasteiger partial charge in [-0.1, -0.05) is 13.8 Å². The number of aliphatic hydroxyl groups is 1. The topological polar surface area (TPSA) is 86.6 Å². The normalized spacial score (nSPS) is 14.9. The van der Waals surface area contributed by atoms with Crippen LogP contribution in [-0.4, -0.2) is 41.7 Å². The summed E-state index contributed by atoms with van der Waals surface area (Å²) in [5.41, 5.74) is 0. The molecule has 0 rings (SSSR count). The summed E-state index contributed by atoms with van der Waals surface area (Å²) in [7, 11) is 0. The van der Waals surface area contributed by atoms with Crippen molar-refractivity contribution >= 4 is 12.3 Å². The van der Waals surface area contributed by atoms with Gasteiger partial charge in [-0.2, -0.15) is 0 Å². The molecule has 2 atom stereocenters. The van der Waals surface area contributed by atoms with E-state index in [4.69, 9.17) is 5.11 Å². The zero-order valence-electron chi connectivity index (χ0n) is 9.14. The van der Waals surface area contributed by atoms with Crippen LogP contribution in [0.1, 0.15) is 20.3 Å². The van der Waals surface area contributed by atoms with Gasteiger partial charge in [0.05, 0.1) is 12.6 Å². The fourth-order valence-corrected chi connectivity index (χ4v) is 1.33. The van der Waals surface area contributed by atoms with Gasteiger partial charge in [0.1, 0.15) is 6.29 Å². The van der Waals surface area contributed by atoms with Crippen molar-refractivity contribution in [2.75, 3.05) is 13.1 Å². The number of carboxylic acids is 1. The lowest BCUT2D eigenvalue weighted by molar-refractivity contribution is -0.136. The zero-order chi connectivity index (χ0) is 11.8. The van der Waals surface area contributed by atoms with E-state index in [0.29, 0.717) is 13.0 Å². The van der Waals surface area contributed by atoms with Gasteiger partial charge in [0.25, 0.3) is 0 Å². The fourth-order valence-electron chi connectivity index (χ4n) is 1.33. The van der Waals surface area contributed by atoms with E-state index in [2.05, 4.69) is 5.32 Å². The number of carbonyl (C=O) groups is 2. The molecule has 15 heavy (non-hydrogen) atoms. The maximum absolute atomic E-state index is 10.7. The van der Waals surface area contributed by atoms with Crippen LogP contribution in [-0.2, 0) is 9.59 Å². The van der Waals surface area contributed by atoms with Crippen LogP contribution in [0, 0.1) is 11.8 Å². The smallest absolute Gasteiger partial charge is 0.317 e. The number of aldehydes is 1.